The maximum atomic E-state index is 12.6. The van der Waals surface area contributed by atoms with Gasteiger partial charge in [0.25, 0.3) is 12.4 Å². The molecular weight excluding hydrogens is 251 g/mol. The van der Waals surface area contributed by atoms with E-state index in [1.165, 1.54) is 0 Å². The van der Waals surface area contributed by atoms with Crippen LogP contribution in [0.3, 0.4) is 0 Å². The van der Waals surface area contributed by atoms with Crippen LogP contribution in [0.1, 0.15) is 17.7 Å². The van der Waals surface area contributed by atoms with Crippen LogP contribution in [0.4, 0.5) is 13.2 Å². The predicted octanol–water partition coefficient (Wildman–Crippen LogP) is 2.76. The fourth-order valence-corrected chi connectivity index (χ4v) is 1.28. The Morgan fingerprint density at radius 2 is 2.15 bits per heavy atom. The lowest BCUT2D eigenvalue weighted by atomic mass is 10.2. The molecule has 13 heavy (non-hydrogen) atoms. The number of aromatic hydroxyl groups is 1. The molecule has 0 bridgehead atoms. The molecule has 0 fully saturated rings. The average molecular weight is 256 g/mol. The van der Waals surface area contributed by atoms with Crippen molar-refractivity contribution in [1.29, 1.82) is 0 Å². The van der Waals surface area contributed by atoms with E-state index in [-0.39, 0.29) is 11.0 Å². The highest BCUT2D eigenvalue weighted by atomic mass is 79.9. The molecule has 72 valence electrons. The van der Waals surface area contributed by atoms with Gasteiger partial charge in [-0.15, -0.1) is 0 Å². The zero-order valence-electron chi connectivity index (χ0n) is 6.27. The van der Waals surface area contributed by atoms with Gasteiger partial charge in [-0.2, -0.15) is 4.39 Å². The average Bonchev–Trinajstić information content (AvgIpc) is 2.08. The third kappa shape index (κ3) is 2.12. The topological polar surface area (TPSA) is 33.1 Å². The third-order valence-corrected chi connectivity index (χ3v) is 1.96. The second-order valence-electron chi connectivity index (χ2n) is 2.27. The van der Waals surface area contributed by atoms with E-state index in [1.807, 2.05) is 0 Å². The van der Waals surface area contributed by atoms with Crippen LogP contribution >= 0.6 is 15.9 Å². The first-order valence-corrected chi connectivity index (χ1v) is 4.40. The number of rotatable bonds is 2. The van der Waals surface area contributed by atoms with Crippen molar-refractivity contribution in [1.82, 2.24) is 4.98 Å². The molecule has 1 N–H and O–H groups in total. The maximum Gasteiger partial charge on any atom is 0.265 e. The number of halogens is 4. The molecule has 1 heterocycles. The number of aromatic nitrogens is 1. The fraction of sp³-hybridized carbons (Fsp3) is 0.286. The van der Waals surface area contributed by atoms with E-state index in [0.29, 0.717) is 6.07 Å². The highest BCUT2D eigenvalue weighted by molar-refractivity contribution is 9.08. The number of hydrogen-bond acceptors (Lipinski definition) is 2. The van der Waals surface area contributed by atoms with Crippen LogP contribution in [-0.4, -0.2) is 10.1 Å². The van der Waals surface area contributed by atoms with Crippen molar-refractivity contribution in [3.8, 4) is 5.75 Å². The molecule has 0 spiro atoms. The Balaban J connectivity index is 3.25. The van der Waals surface area contributed by atoms with E-state index < -0.39 is 23.7 Å². The van der Waals surface area contributed by atoms with Gasteiger partial charge >= 0.3 is 0 Å². The van der Waals surface area contributed by atoms with Crippen molar-refractivity contribution in [2.75, 3.05) is 0 Å². The molecule has 6 heteroatoms. The van der Waals surface area contributed by atoms with Crippen LogP contribution in [0.5, 0.6) is 5.75 Å². The minimum absolute atomic E-state index is 0.0177. The molecule has 0 aliphatic rings. The van der Waals surface area contributed by atoms with Crippen LogP contribution in [0.25, 0.3) is 0 Å². The van der Waals surface area contributed by atoms with Crippen molar-refractivity contribution in [3.63, 3.8) is 0 Å². The zero-order valence-corrected chi connectivity index (χ0v) is 7.85. The summed E-state index contributed by atoms with van der Waals surface area (Å²) in [5.74, 6) is -2.00. The Bertz CT molecular complexity index is 319. The van der Waals surface area contributed by atoms with Gasteiger partial charge in [0, 0.05) is 10.9 Å². The van der Waals surface area contributed by atoms with Gasteiger partial charge in [0.1, 0.15) is 0 Å². The summed E-state index contributed by atoms with van der Waals surface area (Å²) in [5, 5.41) is 8.80. The standard InChI is InChI=1S/C7H5BrF3NO/c8-2-4-3(6(9)10)1-5(13)7(11)12-4/h1,6,13H,2H2. The summed E-state index contributed by atoms with van der Waals surface area (Å²) in [6.45, 7) is 0. The summed E-state index contributed by atoms with van der Waals surface area (Å²) in [6, 6.07) is 0.684. The van der Waals surface area contributed by atoms with Crippen molar-refractivity contribution < 1.29 is 18.3 Å². The molecule has 0 amide bonds. The molecule has 0 unspecified atom stereocenters. The Morgan fingerprint density at radius 1 is 1.54 bits per heavy atom. The third-order valence-electron chi connectivity index (χ3n) is 1.43. The Labute approximate surface area is 80.5 Å². The van der Waals surface area contributed by atoms with Gasteiger partial charge in [0.2, 0.25) is 0 Å². The summed E-state index contributed by atoms with van der Waals surface area (Å²) in [4.78, 5) is 3.17. The maximum absolute atomic E-state index is 12.6. The van der Waals surface area contributed by atoms with E-state index in [1.54, 1.807) is 0 Å². The van der Waals surface area contributed by atoms with Gasteiger partial charge < -0.3 is 5.11 Å². The van der Waals surface area contributed by atoms with Gasteiger partial charge in [-0.25, -0.2) is 13.8 Å². The van der Waals surface area contributed by atoms with E-state index in [0.717, 1.165) is 0 Å². The second-order valence-corrected chi connectivity index (χ2v) is 2.83. The molecule has 1 aromatic rings. The van der Waals surface area contributed by atoms with Gasteiger partial charge in [-0.1, -0.05) is 15.9 Å². The highest BCUT2D eigenvalue weighted by Gasteiger charge is 2.17. The number of pyridine rings is 1. The van der Waals surface area contributed by atoms with Crippen LogP contribution in [-0.2, 0) is 5.33 Å². The number of alkyl halides is 3. The molecule has 0 atom stereocenters. The van der Waals surface area contributed by atoms with Crippen molar-refractivity contribution >= 4 is 15.9 Å². The highest BCUT2D eigenvalue weighted by Crippen LogP contribution is 2.27. The predicted molar refractivity (Wildman–Crippen MR) is 43.4 cm³/mol. The molecule has 1 aromatic heterocycles. The Hall–Kier alpha value is -0.780. The zero-order chi connectivity index (χ0) is 10.0. The number of nitrogens with zero attached hydrogens (tertiary/aromatic N) is 1. The molecule has 0 aliphatic carbocycles. The van der Waals surface area contributed by atoms with Crippen molar-refractivity contribution in [3.05, 3.63) is 23.3 Å². The molecule has 0 aliphatic heterocycles. The lowest BCUT2D eigenvalue weighted by molar-refractivity contribution is 0.149. The quantitative estimate of drug-likeness (QED) is 0.651. The Kier molecular flexibility index (Phi) is 3.13. The largest absolute Gasteiger partial charge is 0.504 e. The van der Waals surface area contributed by atoms with E-state index in [9.17, 15) is 13.2 Å². The van der Waals surface area contributed by atoms with E-state index in [2.05, 4.69) is 20.9 Å². The monoisotopic (exact) mass is 255 g/mol. The van der Waals surface area contributed by atoms with Gasteiger partial charge in [-0.3, -0.25) is 0 Å². The summed E-state index contributed by atoms with van der Waals surface area (Å²) in [5.41, 5.74) is -0.568. The first-order chi connectivity index (χ1) is 6.06. The molecule has 0 aromatic carbocycles. The van der Waals surface area contributed by atoms with Gasteiger partial charge in [0.05, 0.1) is 5.69 Å². The number of hydrogen-bond donors (Lipinski definition) is 1. The molecule has 2 nitrogen and oxygen atoms in total. The van der Waals surface area contributed by atoms with Crippen LogP contribution in [0.15, 0.2) is 6.07 Å². The molecule has 1 rings (SSSR count). The first-order valence-electron chi connectivity index (χ1n) is 3.28. The minimum Gasteiger partial charge on any atom is -0.504 e. The Morgan fingerprint density at radius 3 is 2.62 bits per heavy atom. The van der Waals surface area contributed by atoms with E-state index in [4.69, 9.17) is 5.11 Å². The molecule has 0 radical (unpaired) electrons. The molecule has 0 saturated heterocycles. The van der Waals surface area contributed by atoms with Crippen molar-refractivity contribution in [2.24, 2.45) is 0 Å². The summed E-state index contributed by atoms with van der Waals surface area (Å²) in [6.07, 6.45) is -2.77. The summed E-state index contributed by atoms with van der Waals surface area (Å²) < 4.78 is 37.0. The van der Waals surface area contributed by atoms with E-state index >= 15 is 0 Å². The van der Waals surface area contributed by atoms with Crippen LogP contribution < -0.4 is 0 Å². The normalized spacial score (nSPS) is 10.8. The fourth-order valence-electron chi connectivity index (χ4n) is 0.826. The summed E-state index contributed by atoms with van der Waals surface area (Å²) >= 11 is 2.89. The van der Waals surface area contributed by atoms with Crippen molar-refractivity contribution in [2.45, 2.75) is 11.8 Å². The first kappa shape index (κ1) is 10.3. The van der Waals surface area contributed by atoms with Gasteiger partial charge in [0.15, 0.2) is 5.75 Å². The molecular formula is C7H5BrF3NO. The lowest BCUT2D eigenvalue weighted by Crippen LogP contribution is -1.98. The SMILES string of the molecule is Oc1cc(C(F)F)c(CBr)nc1F. The molecule has 0 saturated carbocycles. The second kappa shape index (κ2) is 3.95. The lowest BCUT2D eigenvalue weighted by Gasteiger charge is -2.05. The van der Waals surface area contributed by atoms with Crippen LogP contribution in [0.2, 0.25) is 0 Å². The summed E-state index contributed by atoms with van der Waals surface area (Å²) in [7, 11) is 0. The van der Waals surface area contributed by atoms with Gasteiger partial charge in [-0.05, 0) is 6.07 Å². The van der Waals surface area contributed by atoms with Crippen LogP contribution in [0, 0.1) is 5.95 Å². The minimum atomic E-state index is -2.77. The smallest absolute Gasteiger partial charge is 0.265 e.